The van der Waals surface area contributed by atoms with E-state index in [1.54, 1.807) is 33.9 Å². The van der Waals surface area contributed by atoms with Crippen molar-refractivity contribution in [2.24, 2.45) is 0 Å². The van der Waals surface area contributed by atoms with Gasteiger partial charge in [0.05, 0.1) is 18.3 Å². The van der Waals surface area contributed by atoms with Crippen LogP contribution in [0.25, 0.3) is 5.82 Å². The summed E-state index contributed by atoms with van der Waals surface area (Å²) in [6.07, 6.45) is 8.28. The summed E-state index contributed by atoms with van der Waals surface area (Å²) >= 11 is 1.95. The number of aromatic nitrogens is 6. The molecule has 5 heterocycles. The van der Waals surface area contributed by atoms with E-state index in [1.807, 2.05) is 18.0 Å². The lowest BCUT2D eigenvalue weighted by atomic mass is 10.1. The molecule has 0 aliphatic carbocycles. The highest BCUT2D eigenvalue weighted by molar-refractivity contribution is 7.98. The molecule has 1 saturated heterocycles. The van der Waals surface area contributed by atoms with Crippen molar-refractivity contribution in [3.8, 4) is 5.82 Å². The minimum Gasteiger partial charge on any atom is -0.350 e. The van der Waals surface area contributed by atoms with E-state index in [1.165, 1.54) is 5.56 Å². The third-order valence-electron chi connectivity index (χ3n) is 5.36. The van der Waals surface area contributed by atoms with E-state index in [-0.39, 0.29) is 11.6 Å². The summed E-state index contributed by atoms with van der Waals surface area (Å²) in [6, 6.07) is 5.66. The van der Waals surface area contributed by atoms with Crippen LogP contribution in [-0.4, -0.2) is 47.9 Å². The molecule has 144 valence electrons. The number of rotatable bonds is 4. The van der Waals surface area contributed by atoms with Gasteiger partial charge >= 0.3 is 0 Å². The average molecular weight is 395 g/mol. The van der Waals surface area contributed by atoms with Gasteiger partial charge in [-0.2, -0.15) is 22.0 Å². The summed E-state index contributed by atoms with van der Waals surface area (Å²) in [5.74, 6) is 3.73. The van der Waals surface area contributed by atoms with Gasteiger partial charge in [-0.25, -0.2) is 9.67 Å². The molecule has 0 N–H and O–H groups in total. The van der Waals surface area contributed by atoms with Crippen LogP contribution in [0.1, 0.15) is 24.1 Å². The number of fused-ring (bicyclic) bond motifs is 1. The van der Waals surface area contributed by atoms with Gasteiger partial charge in [0.15, 0.2) is 11.6 Å². The number of nitrogens with zero attached hydrogens (tertiary/aromatic N) is 7. The van der Waals surface area contributed by atoms with Crippen molar-refractivity contribution in [3.05, 3.63) is 58.5 Å². The minimum atomic E-state index is -0.0939. The largest absolute Gasteiger partial charge is 0.350 e. The van der Waals surface area contributed by atoms with Crippen molar-refractivity contribution in [1.82, 2.24) is 29.5 Å². The third-order valence-corrected chi connectivity index (χ3v) is 6.37. The number of thioether (sulfide) groups is 1. The quantitative estimate of drug-likeness (QED) is 0.665. The maximum Gasteiger partial charge on any atom is 0.266 e. The highest BCUT2D eigenvalue weighted by Gasteiger charge is 2.28. The average Bonchev–Trinajstić information content (AvgIpc) is 3.41. The Morgan fingerprint density at radius 3 is 3.07 bits per heavy atom. The zero-order valence-electron chi connectivity index (χ0n) is 15.4. The van der Waals surface area contributed by atoms with E-state index in [0.29, 0.717) is 12.4 Å². The molecule has 0 saturated carbocycles. The summed E-state index contributed by atoms with van der Waals surface area (Å²) in [5, 5.41) is 13.5. The van der Waals surface area contributed by atoms with Crippen molar-refractivity contribution in [2.75, 3.05) is 17.2 Å². The molecule has 3 aromatic rings. The smallest absolute Gasteiger partial charge is 0.266 e. The van der Waals surface area contributed by atoms with Crippen molar-refractivity contribution in [1.29, 1.82) is 0 Å². The van der Waals surface area contributed by atoms with E-state index in [4.69, 9.17) is 0 Å². The first-order valence-corrected chi connectivity index (χ1v) is 10.7. The molecule has 1 fully saturated rings. The van der Waals surface area contributed by atoms with E-state index in [9.17, 15) is 4.79 Å². The Kier molecular flexibility index (Phi) is 4.59. The van der Waals surface area contributed by atoms with Gasteiger partial charge in [-0.3, -0.25) is 9.36 Å². The zero-order chi connectivity index (χ0) is 18.9. The Bertz CT molecular complexity index is 1030. The molecule has 0 radical (unpaired) electrons. The summed E-state index contributed by atoms with van der Waals surface area (Å²) in [5.41, 5.74) is 2.33. The molecule has 3 aromatic heterocycles. The van der Waals surface area contributed by atoms with Crippen LogP contribution in [-0.2, 0) is 18.7 Å². The van der Waals surface area contributed by atoms with E-state index < -0.39 is 0 Å². The normalized spacial score (nSPS) is 19.0. The van der Waals surface area contributed by atoms with Gasteiger partial charge in [-0.05, 0) is 36.3 Å². The second-order valence-electron chi connectivity index (χ2n) is 7.15. The Labute approximate surface area is 166 Å². The lowest BCUT2D eigenvalue weighted by Gasteiger charge is -2.26. The van der Waals surface area contributed by atoms with Gasteiger partial charge in [-0.1, -0.05) is 0 Å². The first kappa shape index (κ1) is 17.4. The Hall–Kier alpha value is -2.68. The van der Waals surface area contributed by atoms with Crippen molar-refractivity contribution >= 4 is 17.6 Å². The Morgan fingerprint density at radius 2 is 2.18 bits per heavy atom. The number of imidazole rings is 1. The van der Waals surface area contributed by atoms with Crippen LogP contribution in [0.3, 0.4) is 0 Å². The molecule has 5 rings (SSSR count). The molecule has 1 unspecified atom stereocenters. The monoisotopic (exact) mass is 395 g/mol. The zero-order valence-corrected chi connectivity index (χ0v) is 16.3. The SMILES string of the molecule is O=c1ccc(-n2ccnc2)nn1CC1CCCN1c1cc2c(nn1)CCSC2. The van der Waals surface area contributed by atoms with Crippen molar-refractivity contribution < 1.29 is 0 Å². The maximum absolute atomic E-state index is 12.4. The topological polar surface area (TPSA) is 81.7 Å². The van der Waals surface area contributed by atoms with E-state index in [2.05, 4.69) is 31.2 Å². The van der Waals surface area contributed by atoms with E-state index >= 15 is 0 Å². The number of hydrogen-bond acceptors (Lipinski definition) is 7. The number of hydrogen-bond donors (Lipinski definition) is 0. The summed E-state index contributed by atoms with van der Waals surface area (Å²) in [7, 11) is 0. The predicted molar refractivity (Wildman–Crippen MR) is 108 cm³/mol. The Morgan fingerprint density at radius 1 is 1.21 bits per heavy atom. The molecule has 0 bridgehead atoms. The lowest BCUT2D eigenvalue weighted by molar-refractivity contribution is 0.483. The van der Waals surface area contributed by atoms with Gasteiger partial charge in [0.1, 0.15) is 6.33 Å². The molecule has 0 aromatic carbocycles. The maximum atomic E-state index is 12.4. The first-order valence-electron chi connectivity index (χ1n) is 9.54. The molecular formula is C19H21N7OS. The van der Waals surface area contributed by atoms with Crippen LogP contribution in [0.5, 0.6) is 0 Å². The second-order valence-corrected chi connectivity index (χ2v) is 8.25. The number of aryl methyl sites for hydroxylation is 1. The van der Waals surface area contributed by atoms with Crippen molar-refractivity contribution in [3.63, 3.8) is 0 Å². The number of anilines is 1. The molecule has 1 atom stereocenters. The molecule has 0 amide bonds. The van der Waals surface area contributed by atoms with Crippen LogP contribution in [0, 0.1) is 0 Å². The highest BCUT2D eigenvalue weighted by Crippen LogP contribution is 2.29. The molecule has 0 spiro atoms. The van der Waals surface area contributed by atoms with Crippen molar-refractivity contribution in [2.45, 2.75) is 37.6 Å². The van der Waals surface area contributed by atoms with E-state index in [0.717, 1.165) is 48.8 Å². The summed E-state index contributed by atoms with van der Waals surface area (Å²) < 4.78 is 3.36. The highest BCUT2D eigenvalue weighted by atomic mass is 32.2. The lowest BCUT2D eigenvalue weighted by Crippen LogP contribution is -2.38. The van der Waals surface area contributed by atoms with Gasteiger partial charge in [-0.15, -0.1) is 5.10 Å². The predicted octanol–water partition coefficient (Wildman–Crippen LogP) is 1.68. The molecule has 2 aliphatic heterocycles. The fourth-order valence-electron chi connectivity index (χ4n) is 3.90. The van der Waals surface area contributed by atoms with Gasteiger partial charge in [0.25, 0.3) is 5.56 Å². The molecule has 2 aliphatic rings. The first-order chi connectivity index (χ1) is 13.8. The second kappa shape index (κ2) is 7.38. The van der Waals surface area contributed by atoms with Crippen LogP contribution >= 0.6 is 11.8 Å². The van der Waals surface area contributed by atoms with Gasteiger partial charge in [0, 0.05) is 37.2 Å². The molecule has 28 heavy (non-hydrogen) atoms. The molecular weight excluding hydrogens is 374 g/mol. The third kappa shape index (κ3) is 3.30. The van der Waals surface area contributed by atoms with Gasteiger partial charge in [0.2, 0.25) is 0 Å². The summed E-state index contributed by atoms with van der Waals surface area (Å²) in [4.78, 5) is 18.7. The van der Waals surface area contributed by atoms with Crippen LogP contribution in [0.4, 0.5) is 5.82 Å². The van der Waals surface area contributed by atoms with Crippen LogP contribution in [0.15, 0.2) is 41.7 Å². The molecule has 9 heteroatoms. The fraction of sp³-hybridized carbons (Fsp3) is 0.421. The standard InChI is InChI=1S/C19H21N7OS/c27-19-4-3-17(24-8-6-20-13-24)23-26(19)11-15-2-1-7-25(15)18-10-14-12-28-9-5-16(14)21-22-18/h3-4,6,8,10,13,15H,1-2,5,7,9,11-12H2. The minimum absolute atomic E-state index is 0.0939. The summed E-state index contributed by atoms with van der Waals surface area (Å²) in [6.45, 7) is 1.47. The van der Waals surface area contributed by atoms with Gasteiger partial charge < -0.3 is 4.90 Å². The fourth-order valence-corrected chi connectivity index (χ4v) is 4.85. The molecule has 8 nitrogen and oxygen atoms in total. The van der Waals surface area contributed by atoms with Crippen LogP contribution < -0.4 is 10.5 Å². The Balaban J connectivity index is 1.41. The van der Waals surface area contributed by atoms with Crippen LogP contribution in [0.2, 0.25) is 0 Å².